The number of hydrogen-bond acceptors (Lipinski definition) is 4. The highest BCUT2D eigenvalue weighted by atomic mass is 32.1. The molecule has 0 spiro atoms. The largest absolute Gasteiger partial charge is 0.338 e. The minimum Gasteiger partial charge on any atom is -0.338 e. The zero-order valence-corrected chi connectivity index (χ0v) is 13.7. The van der Waals surface area contributed by atoms with Gasteiger partial charge in [0.15, 0.2) is 5.82 Å². The van der Waals surface area contributed by atoms with Crippen LogP contribution < -0.4 is 10.6 Å². The summed E-state index contributed by atoms with van der Waals surface area (Å²) in [6.45, 7) is 3.42. The topological polar surface area (TPSA) is 90.1 Å². The standard InChI is InChI=1S/C15H19N5O2S/c1-2-16-15(22)20-8-11-12(9-20)18-19-14(11)17-13(21)6-5-10-4-3-7-23-10/h3-4,7H,2,5-6,8-9H2,1H3,(H,16,22)(H2,17,18,19,21). The third-order valence-electron chi connectivity index (χ3n) is 3.70. The van der Waals surface area contributed by atoms with Crippen molar-refractivity contribution < 1.29 is 9.59 Å². The number of carbonyl (C=O) groups excluding carboxylic acids is 2. The Labute approximate surface area is 138 Å². The second kappa shape index (κ2) is 6.82. The number of nitrogens with one attached hydrogen (secondary N) is 3. The predicted molar refractivity (Wildman–Crippen MR) is 88.2 cm³/mol. The molecule has 2 aromatic heterocycles. The van der Waals surface area contributed by atoms with Crippen molar-refractivity contribution in [3.63, 3.8) is 0 Å². The van der Waals surface area contributed by atoms with E-state index in [0.29, 0.717) is 31.9 Å². The zero-order valence-electron chi connectivity index (χ0n) is 12.9. The summed E-state index contributed by atoms with van der Waals surface area (Å²) in [7, 11) is 0. The third-order valence-corrected chi connectivity index (χ3v) is 4.64. The van der Waals surface area contributed by atoms with Gasteiger partial charge in [0, 0.05) is 23.4 Å². The molecule has 0 unspecified atom stereocenters. The fourth-order valence-corrected chi connectivity index (χ4v) is 3.25. The van der Waals surface area contributed by atoms with Gasteiger partial charge in [-0.15, -0.1) is 11.3 Å². The Morgan fingerprint density at radius 3 is 3.04 bits per heavy atom. The SMILES string of the molecule is CCNC(=O)N1Cc2[nH]nc(NC(=O)CCc3cccs3)c2C1. The number of hydrogen-bond donors (Lipinski definition) is 3. The number of aromatic amines is 1. The number of amides is 3. The van der Waals surface area contributed by atoms with E-state index >= 15 is 0 Å². The molecule has 122 valence electrons. The van der Waals surface area contributed by atoms with Gasteiger partial charge in [0.25, 0.3) is 0 Å². The van der Waals surface area contributed by atoms with Gasteiger partial charge in [0.1, 0.15) is 0 Å². The summed E-state index contributed by atoms with van der Waals surface area (Å²) < 4.78 is 0. The summed E-state index contributed by atoms with van der Waals surface area (Å²) in [6.07, 6.45) is 1.14. The predicted octanol–water partition coefficient (Wildman–Crippen LogP) is 2.09. The first-order chi connectivity index (χ1) is 11.2. The molecule has 3 amide bonds. The number of thiophene rings is 1. The van der Waals surface area contributed by atoms with Gasteiger partial charge in [-0.1, -0.05) is 6.07 Å². The quantitative estimate of drug-likeness (QED) is 0.782. The molecule has 3 N–H and O–H groups in total. The van der Waals surface area contributed by atoms with E-state index in [2.05, 4.69) is 20.8 Å². The molecule has 8 heteroatoms. The van der Waals surface area contributed by atoms with E-state index < -0.39 is 0 Å². The molecule has 0 fully saturated rings. The second-order valence-electron chi connectivity index (χ2n) is 5.35. The maximum absolute atomic E-state index is 12.1. The molecular weight excluding hydrogens is 314 g/mol. The monoisotopic (exact) mass is 333 g/mol. The van der Waals surface area contributed by atoms with Gasteiger partial charge in [-0.25, -0.2) is 4.79 Å². The van der Waals surface area contributed by atoms with E-state index in [1.165, 1.54) is 4.88 Å². The van der Waals surface area contributed by atoms with Crippen molar-refractivity contribution in [1.29, 1.82) is 0 Å². The molecule has 23 heavy (non-hydrogen) atoms. The minimum absolute atomic E-state index is 0.0656. The van der Waals surface area contributed by atoms with Crippen molar-refractivity contribution >= 4 is 29.1 Å². The van der Waals surface area contributed by atoms with Crippen LogP contribution >= 0.6 is 11.3 Å². The van der Waals surface area contributed by atoms with Crippen molar-refractivity contribution in [2.24, 2.45) is 0 Å². The Morgan fingerprint density at radius 1 is 1.43 bits per heavy atom. The number of aryl methyl sites for hydroxylation is 1. The number of carbonyl (C=O) groups is 2. The molecule has 3 heterocycles. The maximum atomic E-state index is 12.1. The molecule has 3 rings (SSSR count). The Bertz CT molecular complexity index is 695. The van der Waals surface area contributed by atoms with E-state index in [0.717, 1.165) is 17.7 Å². The number of urea groups is 1. The van der Waals surface area contributed by atoms with E-state index in [1.54, 1.807) is 16.2 Å². The van der Waals surface area contributed by atoms with Crippen LogP contribution in [0, 0.1) is 0 Å². The first-order valence-electron chi connectivity index (χ1n) is 7.58. The van der Waals surface area contributed by atoms with Crippen LogP contribution in [0.1, 0.15) is 29.5 Å². The Morgan fingerprint density at radius 2 is 2.30 bits per heavy atom. The molecule has 0 bridgehead atoms. The molecular formula is C15H19N5O2S. The minimum atomic E-state index is -0.105. The van der Waals surface area contributed by atoms with Crippen LogP contribution in [0.2, 0.25) is 0 Å². The second-order valence-corrected chi connectivity index (χ2v) is 6.38. The lowest BCUT2D eigenvalue weighted by Crippen LogP contribution is -2.36. The first-order valence-corrected chi connectivity index (χ1v) is 8.46. The van der Waals surface area contributed by atoms with Gasteiger partial charge in [0.2, 0.25) is 5.91 Å². The number of aromatic nitrogens is 2. The van der Waals surface area contributed by atoms with Crippen molar-refractivity contribution in [2.45, 2.75) is 32.9 Å². The van der Waals surface area contributed by atoms with Gasteiger partial charge in [-0.3, -0.25) is 9.89 Å². The van der Waals surface area contributed by atoms with Crippen LogP contribution in [-0.4, -0.2) is 33.6 Å². The molecule has 1 aliphatic heterocycles. The van der Waals surface area contributed by atoms with Gasteiger partial charge in [0.05, 0.1) is 18.8 Å². The zero-order chi connectivity index (χ0) is 16.2. The van der Waals surface area contributed by atoms with E-state index in [9.17, 15) is 9.59 Å². The van der Waals surface area contributed by atoms with E-state index in [-0.39, 0.29) is 11.9 Å². The van der Waals surface area contributed by atoms with Crippen LogP contribution in [0.15, 0.2) is 17.5 Å². The highest BCUT2D eigenvalue weighted by molar-refractivity contribution is 7.09. The maximum Gasteiger partial charge on any atom is 0.318 e. The highest BCUT2D eigenvalue weighted by Crippen LogP contribution is 2.27. The molecule has 0 atom stereocenters. The van der Waals surface area contributed by atoms with Crippen molar-refractivity contribution in [1.82, 2.24) is 20.4 Å². The molecule has 0 aliphatic carbocycles. The fraction of sp³-hybridized carbons (Fsp3) is 0.400. The summed E-state index contributed by atoms with van der Waals surface area (Å²) in [5, 5.41) is 14.7. The van der Waals surface area contributed by atoms with Crippen LogP contribution in [0.3, 0.4) is 0 Å². The number of nitrogens with zero attached hydrogens (tertiary/aromatic N) is 2. The number of fused-ring (bicyclic) bond motifs is 1. The van der Waals surface area contributed by atoms with E-state index in [4.69, 9.17) is 0 Å². The van der Waals surface area contributed by atoms with Gasteiger partial charge < -0.3 is 15.5 Å². The van der Waals surface area contributed by atoms with Crippen LogP contribution in [0.25, 0.3) is 0 Å². The van der Waals surface area contributed by atoms with Crippen molar-refractivity contribution in [3.8, 4) is 0 Å². The molecule has 0 saturated carbocycles. The normalized spacial score (nSPS) is 13.0. The summed E-state index contributed by atoms with van der Waals surface area (Å²) >= 11 is 1.65. The van der Waals surface area contributed by atoms with Crippen molar-refractivity contribution in [2.75, 3.05) is 11.9 Å². The lowest BCUT2D eigenvalue weighted by Gasteiger charge is -2.15. The summed E-state index contributed by atoms with van der Waals surface area (Å²) in [6, 6.07) is 3.90. The Balaban J connectivity index is 1.57. The van der Waals surface area contributed by atoms with Crippen LogP contribution in [0.4, 0.5) is 10.6 Å². The number of anilines is 1. The van der Waals surface area contributed by atoms with Crippen LogP contribution in [0.5, 0.6) is 0 Å². The van der Waals surface area contributed by atoms with E-state index in [1.807, 2.05) is 24.4 Å². The molecule has 1 aliphatic rings. The number of rotatable bonds is 5. The summed E-state index contributed by atoms with van der Waals surface area (Å²) in [5.41, 5.74) is 1.77. The molecule has 2 aromatic rings. The smallest absolute Gasteiger partial charge is 0.318 e. The first kappa shape index (κ1) is 15.5. The highest BCUT2D eigenvalue weighted by Gasteiger charge is 2.28. The van der Waals surface area contributed by atoms with Gasteiger partial charge in [-0.2, -0.15) is 5.10 Å². The molecule has 7 nitrogen and oxygen atoms in total. The average molecular weight is 333 g/mol. The fourth-order valence-electron chi connectivity index (χ4n) is 2.54. The summed E-state index contributed by atoms with van der Waals surface area (Å²) in [5.74, 6) is 0.465. The van der Waals surface area contributed by atoms with Crippen LogP contribution in [-0.2, 0) is 24.3 Å². The third kappa shape index (κ3) is 3.53. The lowest BCUT2D eigenvalue weighted by atomic mass is 10.2. The summed E-state index contributed by atoms with van der Waals surface area (Å²) in [4.78, 5) is 26.8. The number of H-pyrrole nitrogens is 1. The lowest BCUT2D eigenvalue weighted by molar-refractivity contribution is -0.116. The van der Waals surface area contributed by atoms with Gasteiger partial charge >= 0.3 is 6.03 Å². The molecule has 0 saturated heterocycles. The average Bonchev–Trinajstić information content (AvgIpc) is 3.23. The molecule has 0 radical (unpaired) electrons. The Kier molecular flexibility index (Phi) is 4.61. The van der Waals surface area contributed by atoms with Crippen molar-refractivity contribution in [3.05, 3.63) is 33.6 Å². The van der Waals surface area contributed by atoms with Gasteiger partial charge in [-0.05, 0) is 24.8 Å². The molecule has 0 aromatic carbocycles. The Hall–Kier alpha value is -2.35.